The number of aryl methyl sites for hydroxylation is 1. The van der Waals surface area contributed by atoms with Crippen LogP contribution in [-0.4, -0.2) is 4.57 Å². The maximum atomic E-state index is 2.45. The van der Waals surface area contributed by atoms with Gasteiger partial charge in [-0.1, -0.05) is 158 Å². The highest BCUT2D eigenvalue weighted by Gasteiger charge is 2.22. The molecule has 11 aromatic carbocycles. The molecule has 66 heavy (non-hydrogen) atoms. The van der Waals surface area contributed by atoms with E-state index in [1.165, 1.54) is 60.1 Å². The third-order valence-corrected chi connectivity index (χ3v) is 13.0. The van der Waals surface area contributed by atoms with Crippen LogP contribution in [0.5, 0.6) is 0 Å². The molecule has 1 aromatic heterocycles. The molecule has 0 aliphatic heterocycles. The van der Waals surface area contributed by atoms with Crippen molar-refractivity contribution in [3.63, 3.8) is 0 Å². The molecular formula is C63H45N3. The summed E-state index contributed by atoms with van der Waals surface area (Å²) in [5.41, 5.74) is 16.3. The first-order valence-electron chi connectivity index (χ1n) is 22.7. The molecule has 0 N–H and O–H groups in total. The fraction of sp³-hybridized carbons (Fsp3) is 0.0159. The third kappa shape index (κ3) is 6.69. The van der Waals surface area contributed by atoms with E-state index in [0.717, 1.165) is 50.8 Å². The molecule has 0 aliphatic carbocycles. The van der Waals surface area contributed by atoms with Gasteiger partial charge in [-0.05, 0) is 153 Å². The van der Waals surface area contributed by atoms with Gasteiger partial charge in [0.15, 0.2) is 0 Å². The van der Waals surface area contributed by atoms with Crippen molar-refractivity contribution in [2.75, 3.05) is 9.80 Å². The Kier molecular flexibility index (Phi) is 9.73. The van der Waals surface area contributed by atoms with Gasteiger partial charge in [0.1, 0.15) is 0 Å². The molecule has 0 unspecified atom stereocenters. The summed E-state index contributed by atoms with van der Waals surface area (Å²) >= 11 is 0. The van der Waals surface area contributed by atoms with Crippen molar-refractivity contribution in [1.82, 2.24) is 4.57 Å². The monoisotopic (exact) mass is 843 g/mol. The molecule has 1 heterocycles. The summed E-state index contributed by atoms with van der Waals surface area (Å²) in [4.78, 5) is 4.70. The highest BCUT2D eigenvalue weighted by molar-refractivity contribution is 6.21. The van der Waals surface area contributed by atoms with Crippen LogP contribution in [0.1, 0.15) is 5.56 Å². The Morgan fingerprint density at radius 2 is 0.652 bits per heavy atom. The molecular weight excluding hydrogens is 799 g/mol. The predicted octanol–water partition coefficient (Wildman–Crippen LogP) is 17.7. The Labute approximate surface area is 385 Å². The van der Waals surface area contributed by atoms with Crippen molar-refractivity contribution in [2.45, 2.75) is 6.92 Å². The van der Waals surface area contributed by atoms with E-state index in [2.05, 4.69) is 276 Å². The fourth-order valence-electron chi connectivity index (χ4n) is 10.2. The van der Waals surface area contributed by atoms with Crippen LogP contribution in [0.3, 0.4) is 0 Å². The number of benzene rings is 11. The summed E-state index contributed by atoms with van der Waals surface area (Å²) in [6.07, 6.45) is 0. The fourth-order valence-corrected chi connectivity index (χ4v) is 10.2. The average Bonchev–Trinajstić information content (AvgIpc) is 3.70. The van der Waals surface area contributed by atoms with Gasteiger partial charge in [0.25, 0.3) is 0 Å². The molecule has 0 fully saturated rings. The minimum absolute atomic E-state index is 1.09. The minimum atomic E-state index is 1.09. The number of nitrogens with zero attached hydrogens (tertiary/aromatic N) is 3. The van der Waals surface area contributed by atoms with Gasteiger partial charge in [-0.2, -0.15) is 0 Å². The molecule has 0 radical (unpaired) electrons. The van der Waals surface area contributed by atoms with Crippen LogP contribution < -0.4 is 9.80 Å². The molecule has 12 aromatic rings. The largest absolute Gasteiger partial charge is 0.310 e. The molecule has 12 rings (SSSR count). The van der Waals surface area contributed by atoms with E-state index in [4.69, 9.17) is 0 Å². The molecule has 0 bridgehead atoms. The lowest BCUT2D eigenvalue weighted by Gasteiger charge is -2.26. The lowest BCUT2D eigenvalue weighted by molar-refractivity contribution is 1.17. The summed E-state index contributed by atoms with van der Waals surface area (Å²) in [6.45, 7) is 2.27. The zero-order chi connectivity index (χ0) is 44.0. The summed E-state index contributed by atoms with van der Waals surface area (Å²) < 4.78 is 2.45. The van der Waals surface area contributed by atoms with E-state index >= 15 is 0 Å². The molecule has 0 atom stereocenters. The first kappa shape index (κ1) is 39.0. The number of para-hydroxylation sites is 4. The number of hydrogen-bond donors (Lipinski definition) is 0. The first-order chi connectivity index (χ1) is 32.7. The van der Waals surface area contributed by atoms with Gasteiger partial charge in [-0.3, -0.25) is 0 Å². The van der Waals surface area contributed by atoms with Crippen molar-refractivity contribution in [1.29, 1.82) is 0 Å². The smallest absolute Gasteiger partial charge is 0.0542 e. The van der Waals surface area contributed by atoms with E-state index in [0.29, 0.717) is 0 Å². The lowest BCUT2D eigenvalue weighted by Crippen LogP contribution is -2.09. The highest BCUT2D eigenvalue weighted by atomic mass is 15.1. The summed E-state index contributed by atoms with van der Waals surface area (Å²) in [5.74, 6) is 0. The molecule has 0 aliphatic rings. The van der Waals surface area contributed by atoms with Crippen molar-refractivity contribution >= 4 is 77.5 Å². The van der Waals surface area contributed by atoms with Gasteiger partial charge in [0, 0.05) is 50.6 Å². The average molecular weight is 844 g/mol. The standard InChI is InChI=1S/C63H45N3/c1-44-41-50(35-38-53(44)63-56-33-19-17-31-54(56)62(45-21-7-2-8-22-45)55-32-18-20-34-57(55)63)66-60-39-36-51(64(46-23-9-3-10-24-46)47-25-11-4-12-26-47)42-58(60)59-43-52(37-40-61(59)66)65(48-27-13-5-14-28-48)49-29-15-6-16-30-49/h2-43H,1H3. The van der Waals surface area contributed by atoms with Crippen molar-refractivity contribution in [2.24, 2.45) is 0 Å². The van der Waals surface area contributed by atoms with E-state index < -0.39 is 0 Å². The van der Waals surface area contributed by atoms with E-state index in [-0.39, 0.29) is 0 Å². The minimum Gasteiger partial charge on any atom is -0.310 e. The van der Waals surface area contributed by atoms with Crippen molar-refractivity contribution < 1.29 is 0 Å². The number of hydrogen-bond acceptors (Lipinski definition) is 2. The normalized spacial score (nSPS) is 11.4. The summed E-state index contributed by atoms with van der Waals surface area (Å²) in [7, 11) is 0. The maximum Gasteiger partial charge on any atom is 0.0542 e. The second-order valence-electron chi connectivity index (χ2n) is 17.0. The zero-order valence-corrected chi connectivity index (χ0v) is 36.6. The van der Waals surface area contributed by atoms with E-state index in [9.17, 15) is 0 Å². The van der Waals surface area contributed by atoms with Crippen LogP contribution in [0.25, 0.3) is 71.3 Å². The SMILES string of the molecule is Cc1cc(-n2c3ccc(N(c4ccccc4)c4ccccc4)cc3c3cc(N(c4ccccc4)c4ccccc4)ccc32)ccc1-c1c2ccccc2c(-c2ccccc2)c2ccccc12. The Hall–Kier alpha value is -8.66. The van der Waals surface area contributed by atoms with Crippen LogP contribution in [0.4, 0.5) is 34.1 Å². The van der Waals surface area contributed by atoms with Crippen LogP contribution in [0.15, 0.2) is 255 Å². The Morgan fingerprint density at radius 1 is 0.288 bits per heavy atom. The zero-order valence-electron chi connectivity index (χ0n) is 36.6. The topological polar surface area (TPSA) is 11.4 Å². The summed E-state index contributed by atoms with van der Waals surface area (Å²) in [5, 5.41) is 7.39. The van der Waals surface area contributed by atoms with Gasteiger partial charge in [-0.25, -0.2) is 0 Å². The number of fused-ring (bicyclic) bond motifs is 5. The van der Waals surface area contributed by atoms with E-state index in [1.807, 2.05) is 0 Å². The molecule has 3 nitrogen and oxygen atoms in total. The molecule has 0 saturated heterocycles. The van der Waals surface area contributed by atoms with Crippen LogP contribution in [0, 0.1) is 6.92 Å². The number of aromatic nitrogens is 1. The summed E-state index contributed by atoms with van der Waals surface area (Å²) in [6, 6.07) is 92.3. The first-order valence-corrected chi connectivity index (χ1v) is 22.7. The lowest BCUT2D eigenvalue weighted by atomic mass is 9.85. The van der Waals surface area contributed by atoms with Gasteiger partial charge in [0.05, 0.1) is 11.0 Å². The van der Waals surface area contributed by atoms with E-state index in [1.54, 1.807) is 0 Å². The Balaban J connectivity index is 1.08. The Bertz CT molecular complexity index is 3420. The molecule has 312 valence electrons. The van der Waals surface area contributed by atoms with Crippen LogP contribution >= 0.6 is 0 Å². The highest BCUT2D eigenvalue weighted by Crippen LogP contribution is 2.46. The molecule has 3 heteroatoms. The number of anilines is 6. The van der Waals surface area contributed by atoms with Gasteiger partial charge >= 0.3 is 0 Å². The van der Waals surface area contributed by atoms with Gasteiger partial charge in [-0.15, -0.1) is 0 Å². The Morgan fingerprint density at radius 3 is 1.05 bits per heavy atom. The third-order valence-electron chi connectivity index (χ3n) is 13.0. The van der Waals surface area contributed by atoms with Crippen molar-refractivity contribution in [3.05, 3.63) is 260 Å². The van der Waals surface area contributed by atoms with Crippen LogP contribution in [-0.2, 0) is 0 Å². The van der Waals surface area contributed by atoms with Gasteiger partial charge < -0.3 is 14.4 Å². The number of rotatable bonds is 9. The maximum absolute atomic E-state index is 2.45. The second-order valence-corrected chi connectivity index (χ2v) is 17.0. The molecule has 0 saturated carbocycles. The second kappa shape index (κ2) is 16.5. The van der Waals surface area contributed by atoms with Gasteiger partial charge in [0.2, 0.25) is 0 Å². The van der Waals surface area contributed by atoms with Crippen LogP contribution in [0.2, 0.25) is 0 Å². The molecule has 0 spiro atoms. The van der Waals surface area contributed by atoms with Crippen molar-refractivity contribution in [3.8, 4) is 27.9 Å². The molecule has 0 amide bonds. The predicted molar refractivity (Wildman–Crippen MR) is 281 cm³/mol. The quantitative estimate of drug-likeness (QED) is 0.134.